The molecule has 0 spiro atoms. The third kappa shape index (κ3) is 2.62. The minimum atomic E-state index is -0.159. The highest BCUT2D eigenvalue weighted by atomic mass is 16.1. The summed E-state index contributed by atoms with van der Waals surface area (Å²) in [5.41, 5.74) is 3.05. The molecule has 1 N–H and O–H groups in total. The second-order valence-electron chi connectivity index (χ2n) is 5.28. The highest BCUT2D eigenvalue weighted by Gasteiger charge is 2.08. The highest BCUT2D eigenvalue weighted by molar-refractivity contribution is 6.06. The number of amides is 1. The van der Waals surface area contributed by atoms with Gasteiger partial charge in [0.15, 0.2) is 0 Å². The van der Waals surface area contributed by atoms with E-state index in [1.807, 2.05) is 54.6 Å². The molecule has 0 aliphatic heterocycles. The van der Waals surface area contributed by atoms with Gasteiger partial charge < -0.3 is 5.32 Å². The average Bonchev–Trinajstić information content (AvgIpc) is 2.61. The molecule has 4 nitrogen and oxygen atoms in total. The molecule has 23 heavy (non-hydrogen) atoms. The van der Waals surface area contributed by atoms with Crippen LogP contribution in [0.1, 0.15) is 10.4 Å². The molecule has 0 aliphatic carbocycles. The standard InChI is InChI=1S/C19H13N3O/c23-19(15-7-8-18-13(10-15)5-3-9-20-18)22-16-11-14-4-1-2-6-17(14)21-12-16/h1-12H,(H,22,23). The summed E-state index contributed by atoms with van der Waals surface area (Å²) in [6, 6.07) is 19.0. The molecule has 2 aromatic heterocycles. The predicted octanol–water partition coefficient (Wildman–Crippen LogP) is 4.04. The van der Waals surface area contributed by atoms with Crippen molar-refractivity contribution < 1.29 is 4.79 Å². The summed E-state index contributed by atoms with van der Waals surface area (Å²) in [6.07, 6.45) is 3.41. The first kappa shape index (κ1) is 13.4. The van der Waals surface area contributed by atoms with E-state index in [-0.39, 0.29) is 5.91 Å². The van der Waals surface area contributed by atoms with Gasteiger partial charge in [0.1, 0.15) is 0 Å². The van der Waals surface area contributed by atoms with Gasteiger partial charge in [0.2, 0.25) is 0 Å². The van der Waals surface area contributed by atoms with Gasteiger partial charge in [-0.05, 0) is 36.4 Å². The number of para-hydroxylation sites is 1. The van der Waals surface area contributed by atoms with Crippen LogP contribution in [0.15, 0.2) is 73.1 Å². The fourth-order valence-corrected chi connectivity index (χ4v) is 2.56. The number of aromatic nitrogens is 2. The Morgan fingerprint density at radius 3 is 2.57 bits per heavy atom. The maximum absolute atomic E-state index is 12.4. The van der Waals surface area contributed by atoms with E-state index >= 15 is 0 Å². The zero-order valence-electron chi connectivity index (χ0n) is 12.2. The molecule has 110 valence electrons. The minimum Gasteiger partial charge on any atom is -0.321 e. The molecule has 0 saturated carbocycles. The molecular formula is C19H13N3O. The van der Waals surface area contributed by atoms with Gasteiger partial charge in [-0.2, -0.15) is 0 Å². The van der Waals surface area contributed by atoms with Crippen LogP contribution >= 0.6 is 0 Å². The second kappa shape index (κ2) is 5.50. The molecule has 0 saturated heterocycles. The Balaban J connectivity index is 1.64. The lowest BCUT2D eigenvalue weighted by molar-refractivity contribution is 0.102. The van der Waals surface area contributed by atoms with Crippen molar-refractivity contribution in [1.82, 2.24) is 9.97 Å². The maximum Gasteiger partial charge on any atom is 0.255 e. The van der Waals surface area contributed by atoms with Crippen molar-refractivity contribution in [2.45, 2.75) is 0 Å². The molecule has 4 heteroatoms. The maximum atomic E-state index is 12.4. The number of hydrogen-bond acceptors (Lipinski definition) is 3. The third-order valence-electron chi connectivity index (χ3n) is 3.71. The number of rotatable bonds is 2. The SMILES string of the molecule is O=C(Nc1cnc2ccccc2c1)c1ccc2ncccc2c1. The van der Waals surface area contributed by atoms with Crippen LogP contribution in [0.2, 0.25) is 0 Å². The lowest BCUT2D eigenvalue weighted by Gasteiger charge is -2.07. The normalized spacial score (nSPS) is 10.8. The van der Waals surface area contributed by atoms with E-state index in [4.69, 9.17) is 0 Å². The molecule has 1 amide bonds. The van der Waals surface area contributed by atoms with Crippen LogP contribution in [0.4, 0.5) is 5.69 Å². The summed E-state index contributed by atoms with van der Waals surface area (Å²) in [7, 11) is 0. The van der Waals surface area contributed by atoms with Gasteiger partial charge in [-0.3, -0.25) is 14.8 Å². The van der Waals surface area contributed by atoms with Gasteiger partial charge in [0.25, 0.3) is 5.91 Å². The fraction of sp³-hybridized carbons (Fsp3) is 0. The molecule has 0 unspecified atom stereocenters. The lowest BCUT2D eigenvalue weighted by atomic mass is 10.1. The Morgan fingerprint density at radius 1 is 0.826 bits per heavy atom. The number of nitrogens with zero attached hydrogens (tertiary/aromatic N) is 2. The number of hydrogen-bond donors (Lipinski definition) is 1. The van der Waals surface area contributed by atoms with Crippen molar-refractivity contribution >= 4 is 33.4 Å². The fourth-order valence-electron chi connectivity index (χ4n) is 2.56. The molecule has 0 aliphatic rings. The van der Waals surface area contributed by atoms with Gasteiger partial charge in [0, 0.05) is 22.5 Å². The van der Waals surface area contributed by atoms with Gasteiger partial charge >= 0.3 is 0 Å². The Morgan fingerprint density at radius 2 is 1.61 bits per heavy atom. The summed E-state index contributed by atoms with van der Waals surface area (Å²) in [6.45, 7) is 0. The zero-order chi connectivity index (χ0) is 15.6. The summed E-state index contributed by atoms with van der Waals surface area (Å²) in [5.74, 6) is -0.159. The largest absolute Gasteiger partial charge is 0.321 e. The monoisotopic (exact) mass is 299 g/mol. The first-order valence-corrected chi connectivity index (χ1v) is 7.30. The summed E-state index contributed by atoms with van der Waals surface area (Å²) >= 11 is 0. The van der Waals surface area contributed by atoms with Crippen molar-refractivity contribution in [2.24, 2.45) is 0 Å². The van der Waals surface area contributed by atoms with Gasteiger partial charge in [-0.25, -0.2) is 0 Å². The Kier molecular flexibility index (Phi) is 3.20. The summed E-state index contributed by atoms with van der Waals surface area (Å²) in [4.78, 5) is 21.0. The van der Waals surface area contributed by atoms with Crippen molar-refractivity contribution in [1.29, 1.82) is 0 Å². The lowest BCUT2D eigenvalue weighted by Crippen LogP contribution is -2.12. The molecule has 2 heterocycles. The Hall–Kier alpha value is -3.27. The van der Waals surface area contributed by atoms with E-state index in [1.165, 1.54) is 0 Å². The quantitative estimate of drug-likeness (QED) is 0.608. The number of nitrogens with one attached hydrogen (secondary N) is 1. The van der Waals surface area contributed by atoms with Crippen LogP contribution in [0.3, 0.4) is 0 Å². The summed E-state index contributed by atoms with van der Waals surface area (Å²) < 4.78 is 0. The van der Waals surface area contributed by atoms with Gasteiger partial charge in [-0.15, -0.1) is 0 Å². The molecule has 2 aromatic carbocycles. The molecule has 0 radical (unpaired) electrons. The van der Waals surface area contributed by atoms with Gasteiger partial charge in [-0.1, -0.05) is 24.3 Å². The van der Waals surface area contributed by atoms with E-state index < -0.39 is 0 Å². The molecule has 0 bridgehead atoms. The van der Waals surface area contributed by atoms with Crippen LogP contribution in [0.25, 0.3) is 21.8 Å². The zero-order valence-corrected chi connectivity index (χ0v) is 12.2. The topological polar surface area (TPSA) is 54.9 Å². The molecule has 4 rings (SSSR count). The number of pyridine rings is 2. The third-order valence-corrected chi connectivity index (χ3v) is 3.71. The van der Waals surface area contributed by atoms with E-state index in [0.717, 1.165) is 21.8 Å². The number of anilines is 1. The van der Waals surface area contributed by atoms with Crippen LogP contribution in [0.5, 0.6) is 0 Å². The minimum absolute atomic E-state index is 0.159. The molecule has 0 fully saturated rings. The summed E-state index contributed by atoms with van der Waals surface area (Å²) in [5, 5.41) is 4.83. The first-order valence-electron chi connectivity index (χ1n) is 7.30. The van der Waals surface area contributed by atoms with E-state index in [9.17, 15) is 4.79 Å². The van der Waals surface area contributed by atoms with Crippen LogP contribution < -0.4 is 5.32 Å². The number of benzene rings is 2. The van der Waals surface area contributed by atoms with Gasteiger partial charge in [0.05, 0.1) is 22.9 Å². The van der Waals surface area contributed by atoms with Crippen molar-refractivity contribution in [3.63, 3.8) is 0 Å². The van der Waals surface area contributed by atoms with Crippen molar-refractivity contribution in [3.8, 4) is 0 Å². The highest BCUT2D eigenvalue weighted by Crippen LogP contribution is 2.18. The van der Waals surface area contributed by atoms with Crippen LogP contribution in [-0.4, -0.2) is 15.9 Å². The molecule has 4 aromatic rings. The Bertz CT molecular complexity index is 1030. The smallest absolute Gasteiger partial charge is 0.255 e. The van der Waals surface area contributed by atoms with E-state index in [2.05, 4.69) is 15.3 Å². The molecule has 0 atom stereocenters. The second-order valence-corrected chi connectivity index (χ2v) is 5.28. The predicted molar refractivity (Wildman–Crippen MR) is 91.4 cm³/mol. The molecular weight excluding hydrogens is 286 g/mol. The number of fused-ring (bicyclic) bond motifs is 2. The Labute approximate surface area is 132 Å². The van der Waals surface area contributed by atoms with Crippen molar-refractivity contribution in [2.75, 3.05) is 5.32 Å². The van der Waals surface area contributed by atoms with Crippen molar-refractivity contribution in [3.05, 3.63) is 78.6 Å². The number of carbonyl (C=O) groups is 1. The van der Waals surface area contributed by atoms with Crippen LogP contribution in [-0.2, 0) is 0 Å². The van der Waals surface area contributed by atoms with E-state index in [0.29, 0.717) is 11.3 Å². The van der Waals surface area contributed by atoms with E-state index in [1.54, 1.807) is 18.5 Å². The average molecular weight is 299 g/mol. The number of carbonyl (C=O) groups excluding carboxylic acids is 1. The van der Waals surface area contributed by atoms with Crippen LogP contribution in [0, 0.1) is 0 Å². The first-order chi connectivity index (χ1) is 11.3.